The van der Waals surface area contributed by atoms with Gasteiger partial charge in [-0.1, -0.05) is 12.5 Å². The lowest BCUT2D eigenvalue weighted by Crippen LogP contribution is -2.44. The highest BCUT2D eigenvalue weighted by atomic mass is 32.2. The second-order valence-electron chi connectivity index (χ2n) is 9.83. The van der Waals surface area contributed by atoms with E-state index in [2.05, 4.69) is 15.4 Å². The van der Waals surface area contributed by atoms with Crippen molar-refractivity contribution >= 4 is 33.4 Å². The van der Waals surface area contributed by atoms with Crippen molar-refractivity contribution < 1.29 is 40.7 Å². The quantitative estimate of drug-likeness (QED) is 0.433. The summed E-state index contributed by atoms with van der Waals surface area (Å²) in [5.74, 6) is -1.03. The average molecular weight is 558 g/mol. The van der Waals surface area contributed by atoms with Crippen LogP contribution in [0.15, 0.2) is 47.4 Å². The zero-order chi connectivity index (χ0) is 28.3. The summed E-state index contributed by atoms with van der Waals surface area (Å²) in [5, 5.41) is 5.45. The van der Waals surface area contributed by atoms with E-state index in [-0.39, 0.29) is 27.9 Å². The molecule has 1 fully saturated rings. The molecule has 1 saturated carbocycles. The molecule has 0 saturated heterocycles. The van der Waals surface area contributed by atoms with Gasteiger partial charge in [-0.05, 0) is 63.9 Å². The zero-order valence-corrected chi connectivity index (χ0v) is 22.1. The molecule has 13 heteroatoms. The van der Waals surface area contributed by atoms with Gasteiger partial charge in [-0.15, -0.1) is 0 Å². The largest absolute Gasteiger partial charge is 0.495 e. The predicted octanol–water partition coefficient (Wildman–Crippen LogP) is 5.15. The minimum absolute atomic E-state index is 0.128. The molecule has 9 nitrogen and oxygen atoms in total. The number of rotatable bonds is 7. The maximum Gasteiger partial charge on any atom is 0.416 e. The van der Waals surface area contributed by atoms with Gasteiger partial charge in [0.1, 0.15) is 16.2 Å². The average Bonchev–Trinajstić information content (AvgIpc) is 3.25. The smallest absolute Gasteiger partial charge is 0.416 e. The number of methoxy groups -OCH3 is 1. The van der Waals surface area contributed by atoms with Gasteiger partial charge in [-0.2, -0.15) is 13.2 Å². The third kappa shape index (κ3) is 7.53. The van der Waals surface area contributed by atoms with Gasteiger partial charge in [0.15, 0.2) is 0 Å². The summed E-state index contributed by atoms with van der Waals surface area (Å²) < 4.78 is 77.4. The molecule has 0 aromatic heterocycles. The van der Waals surface area contributed by atoms with Gasteiger partial charge in [-0.3, -0.25) is 9.52 Å². The van der Waals surface area contributed by atoms with Gasteiger partial charge < -0.3 is 20.1 Å². The minimum atomic E-state index is -4.64. The summed E-state index contributed by atoms with van der Waals surface area (Å²) in [6.45, 7) is 5.20. The van der Waals surface area contributed by atoms with Crippen LogP contribution < -0.4 is 20.1 Å². The molecular formula is C25H30F3N3O6S. The lowest BCUT2D eigenvalue weighted by atomic mass is 10.0. The van der Waals surface area contributed by atoms with Gasteiger partial charge in [-0.25, -0.2) is 13.2 Å². The Bertz CT molecular complexity index is 1290. The summed E-state index contributed by atoms with van der Waals surface area (Å²) in [4.78, 5) is 24.8. The van der Waals surface area contributed by atoms with E-state index in [9.17, 15) is 31.2 Å². The Morgan fingerprint density at radius 2 is 1.71 bits per heavy atom. The fraction of sp³-hybridized carbons (Fsp3) is 0.440. The highest BCUT2D eigenvalue weighted by Gasteiger charge is 2.35. The van der Waals surface area contributed by atoms with Crippen molar-refractivity contribution in [3.05, 3.63) is 48.0 Å². The first-order chi connectivity index (χ1) is 17.6. The van der Waals surface area contributed by atoms with Crippen molar-refractivity contribution in [2.24, 2.45) is 5.92 Å². The van der Waals surface area contributed by atoms with Crippen LogP contribution in [0.3, 0.4) is 0 Å². The Kier molecular flexibility index (Phi) is 8.49. The zero-order valence-electron chi connectivity index (χ0n) is 21.3. The Labute approximate surface area is 219 Å². The molecule has 0 spiro atoms. The van der Waals surface area contributed by atoms with Gasteiger partial charge in [0.25, 0.3) is 10.0 Å². The summed E-state index contributed by atoms with van der Waals surface area (Å²) in [5.41, 5.74) is -1.72. The maximum absolute atomic E-state index is 13.0. The number of ether oxygens (including phenoxy) is 2. The molecular weight excluding hydrogens is 527 g/mol. The molecule has 1 aliphatic carbocycles. The first kappa shape index (κ1) is 29.1. The highest BCUT2D eigenvalue weighted by Crippen LogP contribution is 2.33. The van der Waals surface area contributed by atoms with Crippen LogP contribution in [0.1, 0.15) is 45.6 Å². The number of carbonyl (C=O) groups is 2. The van der Waals surface area contributed by atoms with Crippen LogP contribution in [0, 0.1) is 5.92 Å². The van der Waals surface area contributed by atoms with E-state index in [1.165, 1.54) is 31.4 Å². The second-order valence-corrected chi connectivity index (χ2v) is 11.5. The fourth-order valence-electron chi connectivity index (χ4n) is 4.08. The Balaban J connectivity index is 1.74. The SMILES string of the molecule is COc1cc(NC(=O)[C@@H]2CCC[C@H]2NC(=O)OC(C)(C)C)ccc1S(=O)(=O)Nc1cccc(C(F)(F)F)c1. The lowest BCUT2D eigenvalue weighted by Gasteiger charge is -2.24. The number of nitrogens with one attached hydrogen (secondary N) is 3. The van der Waals surface area contributed by atoms with Crippen LogP contribution in [0.4, 0.5) is 29.3 Å². The molecule has 2 aromatic rings. The molecule has 1 aliphatic rings. The van der Waals surface area contributed by atoms with Crippen molar-refractivity contribution in [2.75, 3.05) is 17.1 Å². The normalized spacial score (nSPS) is 18.0. The molecule has 0 bridgehead atoms. The monoisotopic (exact) mass is 557 g/mol. The van der Waals surface area contributed by atoms with Crippen LogP contribution in [0.2, 0.25) is 0 Å². The molecule has 0 heterocycles. The van der Waals surface area contributed by atoms with Crippen LogP contribution in [0.25, 0.3) is 0 Å². The van der Waals surface area contributed by atoms with Crippen LogP contribution >= 0.6 is 0 Å². The third-order valence-corrected chi connectivity index (χ3v) is 7.14. The van der Waals surface area contributed by atoms with Crippen molar-refractivity contribution in [1.82, 2.24) is 5.32 Å². The van der Waals surface area contributed by atoms with E-state index in [4.69, 9.17) is 9.47 Å². The number of sulfonamides is 1. The van der Waals surface area contributed by atoms with Gasteiger partial charge in [0, 0.05) is 23.5 Å². The van der Waals surface area contributed by atoms with E-state index in [1.54, 1.807) is 20.8 Å². The fourth-order valence-corrected chi connectivity index (χ4v) is 5.28. The Morgan fingerprint density at radius 1 is 1.00 bits per heavy atom. The van der Waals surface area contributed by atoms with E-state index >= 15 is 0 Å². The molecule has 3 rings (SSSR count). The van der Waals surface area contributed by atoms with Gasteiger partial charge >= 0.3 is 12.3 Å². The van der Waals surface area contributed by atoms with E-state index in [0.717, 1.165) is 18.6 Å². The number of amides is 2. The lowest BCUT2D eigenvalue weighted by molar-refractivity contribution is -0.137. The minimum Gasteiger partial charge on any atom is -0.495 e. The summed E-state index contributed by atoms with van der Waals surface area (Å²) in [6, 6.07) is 7.17. The maximum atomic E-state index is 13.0. The standard InChI is InChI=1S/C25H30F3N3O6S/c1-24(2,3)37-23(33)30-19-10-6-9-18(19)22(32)29-16-11-12-21(20(14-16)36-4)38(34,35)31-17-8-5-7-15(13-17)25(26,27)28/h5,7-8,11-14,18-19,31H,6,9-10H2,1-4H3,(H,29,32)(H,30,33)/t18-,19-/m1/s1. The molecule has 3 N–H and O–H groups in total. The van der Waals surface area contributed by atoms with Crippen molar-refractivity contribution in [1.29, 1.82) is 0 Å². The number of alkyl halides is 3. The summed E-state index contributed by atoms with van der Waals surface area (Å²) in [7, 11) is -3.11. The number of halogens is 3. The molecule has 2 aromatic carbocycles. The number of benzene rings is 2. The summed E-state index contributed by atoms with van der Waals surface area (Å²) >= 11 is 0. The van der Waals surface area contributed by atoms with Crippen molar-refractivity contribution in [2.45, 2.75) is 62.7 Å². The molecule has 208 valence electrons. The number of anilines is 2. The number of carbonyl (C=O) groups excluding carboxylic acids is 2. The van der Waals surface area contributed by atoms with Gasteiger partial charge in [0.2, 0.25) is 5.91 Å². The predicted molar refractivity (Wildman–Crippen MR) is 134 cm³/mol. The third-order valence-electron chi connectivity index (χ3n) is 5.72. The topological polar surface area (TPSA) is 123 Å². The van der Waals surface area contributed by atoms with Crippen molar-refractivity contribution in [3.63, 3.8) is 0 Å². The number of hydrogen-bond donors (Lipinski definition) is 3. The Hall–Kier alpha value is -3.48. The van der Waals surface area contributed by atoms with Crippen LogP contribution in [-0.4, -0.2) is 39.2 Å². The Morgan fingerprint density at radius 3 is 2.34 bits per heavy atom. The first-order valence-corrected chi connectivity index (χ1v) is 13.3. The molecule has 0 unspecified atom stereocenters. The number of alkyl carbamates (subject to hydrolysis) is 1. The summed E-state index contributed by atoms with van der Waals surface area (Å²) in [6.07, 6.45) is -3.40. The van der Waals surface area contributed by atoms with E-state index in [1.807, 2.05) is 0 Å². The molecule has 2 amide bonds. The van der Waals surface area contributed by atoms with Gasteiger partial charge in [0.05, 0.1) is 18.6 Å². The van der Waals surface area contributed by atoms with E-state index < -0.39 is 45.4 Å². The molecule has 0 aliphatic heterocycles. The van der Waals surface area contributed by atoms with Crippen LogP contribution in [0.5, 0.6) is 5.75 Å². The molecule has 2 atom stereocenters. The molecule has 38 heavy (non-hydrogen) atoms. The first-order valence-electron chi connectivity index (χ1n) is 11.8. The second kappa shape index (κ2) is 11.1. The van der Waals surface area contributed by atoms with E-state index in [0.29, 0.717) is 18.9 Å². The highest BCUT2D eigenvalue weighted by molar-refractivity contribution is 7.92. The van der Waals surface area contributed by atoms with Crippen LogP contribution in [-0.2, 0) is 25.7 Å². The number of hydrogen-bond acceptors (Lipinski definition) is 6. The van der Waals surface area contributed by atoms with Crippen molar-refractivity contribution in [3.8, 4) is 5.75 Å². The molecule has 0 radical (unpaired) electrons.